The van der Waals surface area contributed by atoms with Crippen LogP contribution in [0.5, 0.6) is 0 Å². The van der Waals surface area contributed by atoms with Crippen molar-refractivity contribution < 1.29 is 14.3 Å². The average molecular weight is 181 g/mol. The first-order valence-corrected chi connectivity index (χ1v) is 4.04. The largest absolute Gasteiger partial charge is 0.456 e. The van der Waals surface area contributed by atoms with Gasteiger partial charge in [0.05, 0.1) is 12.2 Å². The summed E-state index contributed by atoms with van der Waals surface area (Å²) in [6.07, 6.45) is 2.11. The van der Waals surface area contributed by atoms with Gasteiger partial charge in [0.25, 0.3) is 0 Å². The summed E-state index contributed by atoms with van der Waals surface area (Å²) >= 11 is 0. The van der Waals surface area contributed by atoms with E-state index in [1.54, 1.807) is 19.1 Å². The smallest absolute Gasteiger partial charge is 0.303 e. The SMILES string of the molecule is CC(=O)O[C@@H]1C=C[C@@H](C#N)O[C@H]1C. The lowest BCUT2D eigenvalue weighted by Crippen LogP contribution is -2.35. The van der Waals surface area contributed by atoms with E-state index in [0.29, 0.717) is 0 Å². The molecule has 0 saturated carbocycles. The minimum atomic E-state index is -0.526. The van der Waals surface area contributed by atoms with Crippen molar-refractivity contribution in [3.05, 3.63) is 12.2 Å². The van der Waals surface area contributed by atoms with E-state index in [9.17, 15) is 4.79 Å². The first-order chi connectivity index (χ1) is 6.13. The lowest BCUT2D eigenvalue weighted by Gasteiger charge is -2.26. The number of ether oxygens (including phenoxy) is 2. The molecule has 3 atom stereocenters. The van der Waals surface area contributed by atoms with Gasteiger partial charge < -0.3 is 9.47 Å². The van der Waals surface area contributed by atoms with Crippen LogP contribution in [-0.2, 0) is 14.3 Å². The Balaban J connectivity index is 2.60. The van der Waals surface area contributed by atoms with Crippen LogP contribution < -0.4 is 0 Å². The summed E-state index contributed by atoms with van der Waals surface area (Å²) in [5.41, 5.74) is 0. The van der Waals surface area contributed by atoms with E-state index in [1.807, 2.05) is 6.07 Å². The highest BCUT2D eigenvalue weighted by atomic mass is 16.6. The minimum absolute atomic E-state index is 0.265. The van der Waals surface area contributed by atoms with Crippen molar-refractivity contribution in [2.24, 2.45) is 0 Å². The number of carbonyl (C=O) groups is 1. The molecule has 1 aliphatic heterocycles. The Bertz CT molecular complexity index is 267. The minimum Gasteiger partial charge on any atom is -0.456 e. The summed E-state index contributed by atoms with van der Waals surface area (Å²) in [5.74, 6) is -0.347. The van der Waals surface area contributed by atoms with Crippen LogP contribution >= 0.6 is 0 Å². The van der Waals surface area contributed by atoms with E-state index in [-0.39, 0.29) is 18.2 Å². The number of nitrogens with zero attached hydrogens (tertiary/aromatic N) is 1. The molecule has 0 amide bonds. The molecule has 1 aliphatic rings. The molecule has 4 nitrogen and oxygen atoms in total. The fourth-order valence-corrected chi connectivity index (χ4v) is 1.12. The Labute approximate surface area is 76.7 Å². The van der Waals surface area contributed by atoms with Crippen molar-refractivity contribution in [3.63, 3.8) is 0 Å². The zero-order chi connectivity index (χ0) is 9.84. The quantitative estimate of drug-likeness (QED) is 0.443. The average Bonchev–Trinajstić information content (AvgIpc) is 2.08. The van der Waals surface area contributed by atoms with Crippen LogP contribution in [0.15, 0.2) is 12.2 Å². The van der Waals surface area contributed by atoms with E-state index in [1.165, 1.54) is 6.92 Å². The van der Waals surface area contributed by atoms with Gasteiger partial charge in [-0.25, -0.2) is 0 Å². The molecule has 0 aromatic heterocycles. The molecule has 0 bridgehead atoms. The molecule has 13 heavy (non-hydrogen) atoms. The van der Waals surface area contributed by atoms with E-state index in [2.05, 4.69) is 0 Å². The van der Waals surface area contributed by atoms with Gasteiger partial charge in [-0.2, -0.15) is 5.26 Å². The summed E-state index contributed by atoms with van der Waals surface area (Å²) in [6.45, 7) is 3.11. The maximum atomic E-state index is 10.6. The second-order valence-corrected chi connectivity index (χ2v) is 2.85. The monoisotopic (exact) mass is 181 g/mol. The van der Waals surface area contributed by atoms with Crippen LogP contribution in [0.1, 0.15) is 13.8 Å². The maximum absolute atomic E-state index is 10.6. The molecule has 0 N–H and O–H groups in total. The van der Waals surface area contributed by atoms with Crippen molar-refractivity contribution in [3.8, 4) is 6.07 Å². The predicted octanol–water partition coefficient (Wildman–Crippen LogP) is 0.785. The molecule has 1 rings (SSSR count). The fraction of sp³-hybridized carbons (Fsp3) is 0.556. The molecule has 70 valence electrons. The summed E-state index contributed by atoms with van der Waals surface area (Å²) in [5, 5.41) is 8.54. The van der Waals surface area contributed by atoms with Crippen LogP contribution in [-0.4, -0.2) is 24.3 Å². The van der Waals surface area contributed by atoms with Crippen LogP contribution in [0, 0.1) is 11.3 Å². The van der Waals surface area contributed by atoms with Gasteiger partial charge in [0.15, 0.2) is 6.10 Å². The molecule has 0 unspecified atom stereocenters. The number of rotatable bonds is 1. The molecule has 0 aromatic carbocycles. The second kappa shape index (κ2) is 4.06. The number of carbonyl (C=O) groups excluding carboxylic acids is 1. The van der Waals surface area contributed by atoms with Gasteiger partial charge in [-0.1, -0.05) is 0 Å². The number of esters is 1. The lowest BCUT2D eigenvalue weighted by atomic mass is 10.1. The maximum Gasteiger partial charge on any atom is 0.303 e. The van der Waals surface area contributed by atoms with Gasteiger partial charge in [0.2, 0.25) is 0 Å². The molecule has 4 heteroatoms. The highest BCUT2D eigenvalue weighted by Crippen LogP contribution is 2.15. The van der Waals surface area contributed by atoms with Crippen LogP contribution in [0.2, 0.25) is 0 Å². The van der Waals surface area contributed by atoms with Gasteiger partial charge in [-0.15, -0.1) is 0 Å². The van der Waals surface area contributed by atoms with E-state index in [0.717, 1.165) is 0 Å². The molecule has 0 fully saturated rings. The first kappa shape index (κ1) is 9.75. The highest BCUT2D eigenvalue weighted by molar-refractivity contribution is 5.66. The Morgan fingerprint density at radius 3 is 2.77 bits per heavy atom. The Kier molecular flexibility index (Phi) is 3.04. The molecule has 0 spiro atoms. The van der Waals surface area contributed by atoms with Crippen molar-refractivity contribution in [1.29, 1.82) is 5.26 Å². The van der Waals surface area contributed by atoms with Gasteiger partial charge in [0.1, 0.15) is 6.10 Å². The van der Waals surface area contributed by atoms with Crippen LogP contribution in [0.4, 0.5) is 0 Å². The highest BCUT2D eigenvalue weighted by Gasteiger charge is 2.25. The van der Waals surface area contributed by atoms with Gasteiger partial charge in [-0.3, -0.25) is 4.79 Å². The van der Waals surface area contributed by atoms with Crippen molar-refractivity contribution in [2.45, 2.75) is 32.2 Å². The normalized spacial score (nSPS) is 32.2. The zero-order valence-electron chi connectivity index (χ0n) is 7.56. The van der Waals surface area contributed by atoms with Crippen molar-refractivity contribution in [2.75, 3.05) is 0 Å². The van der Waals surface area contributed by atoms with E-state index < -0.39 is 6.10 Å². The van der Waals surface area contributed by atoms with Crippen LogP contribution in [0.25, 0.3) is 0 Å². The molecule has 0 radical (unpaired) electrons. The number of hydrogen-bond acceptors (Lipinski definition) is 4. The third kappa shape index (κ3) is 2.56. The second-order valence-electron chi connectivity index (χ2n) is 2.85. The summed E-state index contributed by atoms with van der Waals surface area (Å²) in [7, 11) is 0. The topological polar surface area (TPSA) is 59.3 Å². The van der Waals surface area contributed by atoms with Gasteiger partial charge in [0, 0.05) is 6.92 Å². The van der Waals surface area contributed by atoms with E-state index >= 15 is 0 Å². The van der Waals surface area contributed by atoms with Crippen molar-refractivity contribution in [1.82, 2.24) is 0 Å². The molecular formula is C9H11NO3. The third-order valence-electron chi connectivity index (χ3n) is 1.73. The molecule has 0 aromatic rings. The molecule has 1 heterocycles. The third-order valence-corrected chi connectivity index (χ3v) is 1.73. The standard InChI is InChI=1S/C9H11NO3/c1-6-9(13-7(2)11)4-3-8(5-10)12-6/h3-4,6,8-9H,1-2H3/t6-,8-,9+/m0/s1. The molecular weight excluding hydrogens is 170 g/mol. The lowest BCUT2D eigenvalue weighted by molar-refractivity contribution is -0.151. The number of hydrogen-bond donors (Lipinski definition) is 0. The number of nitriles is 1. The first-order valence-electron chi connectivity index (χ1n) is 4.04. The van der Waals surface area contributed by atoms with Gasteiger partial charge >= 0.3 is 5.97 Å². The fourth-order valence-electron chi connectivity index (χ4n) is 1.12. The molecule has 0 saturated heterocycles. The zero-order valence-corrected chi connectivity index (χ0v) is 7.56. The van der Waals surface area contributed by atoms with Crippen LogP contribution in [0.3, 0.4) is 0 Å². The summed E-state index contributed by atoms with van der Waals surface area (Å²) in [6, 6.07) is 1.96. The Morgan fingerprint density at radius 2 is 2.31 bits per heavy atom. The van der Waals surface area contributed by atoms with Gasteiger partial charge in [-0.05, 0) is 19.1 Å². The van der Waals surface area contributed by atoms with E-state index in [4.69, 9.17) is 14.7 Å². The summed E-state index contributed by atoms with van der Waals surface area (Å²) in [4.78, 5) is 10.6. The predicted molar refractivity (Wildman–Crippen MR) is 44.6 cm³/mol. The Morgan fingerprint density at radius 1 is 1.62 bits per heavy atom. The molecule has 0 aliphatic carbocycles. The van der Waals surface area contributed by atoms with Crippen molar-refractivity contribution >= 4 is 5.97 Å². The Hall–Kier alpha value is -1.34. The summed E-state index contributed by atoms with van der Waals surface area (Å²) < 4.78 is 10.2.